The summed E-state index contributed by atoms with van der Waals surface area (Å²) in [6.07, 6.45) is -17.8. The molecule has 0 aromatic heterocycles. The molecule has 0 aromatic rings. The molecular weight excluding hydrogens is 303 g/mol. The van der Waals surface area contributed by atoms with E-state index in [1.165, 1.54) is 0 Å². The average Bonchev–Trinajstić information content (AvgIpc) is 1.83. The van der Waals surface area contributed by atoms with Crippen LogP contribution < -0.4 is 0 Å². The van der Waals surface area contributed by atoms with Crippen LogP contribution in [0.5, 0.6) is 0 Å². The molecule has 0 aliphatic rings. The standard InChI is InChI=1S/2C2F5.Zn/c2*3-1(4)2(5,6)7;/q2*-1;+2. The summed E-state index contributed by atoms with van der Waals surface area (Å²) in [7, 11) is 0. The maximum Gasteiger partial charge on any atom is 2.00 e. The summed E-state index contributed by atoms with van der Waals surface area (Å²) in [4.78, 5) is 0. The fraction of sp³-hybridized carbons (Fsp3) is 0.500. The van der Waals surface area contributed by atoms with Gasteiger partial charge in [0.2, 0.25) is 0 Å². The van der Waals surface area contributed by atoms with E-state index < -0.39 is 25.2 Å². The van der Waals surface area contributed by atoms with E-state index in [1.54, 1.807) is 0 Å². The van der Waals surface area contributed by atoms with Crippen LogP contribution in [0, 0.1) is 12.9 Å². The minimum atomic E-state index is -5.42. The number of hydrogen-bond acceptors (Lipinski definition) is 0. The summed E-state index contributed by atoms with van der Waals surface area (Å²) >= 11 is 0. The maximum atomic E-state index is 10.4. The van der Waals surface area contributed by atoms with Crippen molar-refractivity contribution in [3.63, 3.8) is 0 Å². The van der Waals surface area contributed by atoms with Crippen LogP contribution in [0.15, 0.2) is 0 Å². The van der Waals surface area contributed by atoms with Crippen LogP contribution in [0.3, 0.4) is 0 Å². The van der Waals surface area contributed by atoms with E-state index in [9.17, 15) is 43.9 Å². The Morgan fingerprint density at radius 1 is 0.533 bits per heavy atom. The van der Waals surface area contributed by atoms with Crippen molar-refractivity contribution in [2.75, 3.05) is 0 Å². The van der Waals surface area contributed by atoms with Crippen molar-refractivity contribution in [1.82, 2.24) is 0 Å². The third kappa shape index (κ3) is 13.9. The van der Waals surface area contributed by atoms with E-state index in [4.69, 9.17) is 0 Å². The Hall–Kier alpha value is -0.0766. The van der Waals surface area contributed by atoms with E-state index >= 15 is 0 Å². The zero-order valence-electron chi connectivity index (χ0n) is 6.49. The zero-order valence-corrected chi connectivity index (χ0v) is 9.45. The second-order valence-electron chi connectivity index (χ2n) is 1.52. The third-order valence-electron chi connectivity index (χ3n) is 0.429. The molecule has 0 fully saturated rings. The predicted octanol–water partition coefficient (Wildman–Crippen LogP) is 3.95. The van der Waals surface area contributed by atoms with Crippen LogP contribution in [0.4, 0.5) is 43.9 Å². The van der Waals surface area contributed by atoms with Gasteiger partial charge in [-0.3, -0.25) is 0 Å². The molecule has 0 spiro atoms. The molecule has 0 heterocycles. The molecule has 0 saturated heterocycles. The summed E-state index contributed by atoms with van der Waals surface area (Å²) in [5.41, 5.74) is 0. The molecule has 0 saturated carbocycles. The summed E-state index contributed by atoms with van der Waals surface area (Å²) in [6.45, 7) is 0. The summed E-state index contributed by atoms with van der Waals surface area (Å²) in [6, 6.07) is 0. The van der Waals surface area contributed by atoms with E-state index in [0.29, 0.717) is 0 Å². The van der Waals surface area contributed by atoms with Crippen LogP contribution >= 0.6 is 0 Å². The molecular formula is C4F10Zn. The molecule has 15 heavy (non-hydrogen) atoms. The average molecular weight is 303 g/mol. The molecule has 0 aliphatic heterocycles. The summed E-state index contributed by atoms with van der Waals surface area (Å²) < 4.78 is 104. The second kappa shape index (κ2) is 7.24. The van der Waals surface area contributed by atoms with Gasteiger partial charge in [0.1, 0.15) is 12.9 Å². The van der Waals surface area contributed by atoms with Gasteiger partial charge in [-0.1, -0.05) is 0 Å². The first-order valence-electron chi connectivity index (χ1n) is 2.39. The van der Waals surface area contributed by atoms with Gasteiger partial charge in [0, 0.05) is 0 Å². The Balaban J connectivity index is -0.000000180. The molecule has 0 N–H and O–H groups in total. The zero-order chi connectivity index (χ0) is 12.2. The van der Waals surface area contributed by atoms with Crippen LogP contribution in [0.1, 0.15) is 0 Å². The van der Waals surface area contributed by atoms with Gasteiger partial charge in [0.15, 0.2) is 0 Å². The number of alkyl halides is 6. The first-order chi connectivity index (χ1) is 5.89. The summed E-state index contributed by atoms with van der Waals surface area (Å²) in [5.74, 6) is 0. The smallest absolute Gasteiger partial charge is 0.412 e. The van der Waals surface area contributed by atoms with Crippen molar-refractivity contribution in [1.29, 1.82) is 0 Å². The summed E-state index contributed by atoms with van der Waals surface area (Å²) in [5, 5.41) is 0. The van der Waals surface area contributed by atoms with Gasteiger partial charge in [0.05, 0.1) is 0 Å². The van der Waals surface area contributed by atoms with E-state index in [-0.39, 0.29) is 19.5 Å². The predicted molar refractivity (Wildman–Crippen MR) is 23.0 cm³/mol. The van der Waals surface area contributed by atoms with Crippen molar-refractivity contribution < 1.29 is 63.4 Å². The Labute approximate surface area is 89.4 Å². The van der Waals surface area contributed by atoms with E-state index in [1.807, 2.05) is 0 Å². The number of hydrogen-bond donors (Lipinski definition) is 0. The Kier molecular flexibility index (Phi) is 9.82. The van der Waals surface area contributed by atoms with Crippen LogP contribution in [-0.2, 0) is 19.5 Å². The van der Waals surface area contributed by atoms with Crippen LogP contribution in [-0.4, -0.2) is 12.4 Å². The first kappa shape index (κ1) is 20.3. The van der Waals surface area contributed by atoms with Crippen LogP contribution in [0.2, 0.25) is 0 Å². The maximum absolute atomic E-state index is 10.4. The van der Waals surface area contributed by atoms with Crippen molar-refractivity contribution in [3.05, 3.63) is 12.9 Å². The first-order valence-corrected chi connectivity index (χ1v) is 2.39. The molecule has 0 bridgehead atoms. The van der Waals surface area contributed by atoms with Crippen LogP contribution in [0.25, 0.3) is 0 Å². The van der Waals surface area contributed by atoms with Gasteiger partial charge < -0.3 is 17.6 Å². The van der Waals surface area contributed by atoms with Crippen molar-refractivity contribution in [2.24, 2.45) is 0 Å². The van der Waals surface area contributed by atoms with Gasteiger partial charge in [-0.15, -0.1) is 0 Å². The number of rotatable bonds is 0. The second-order valence-corrected chi connectivity index (χ2v) is 1.52. The molecule has 0 rings (SSSR count). The minimum absolute atomic E-state index is 0. The monoisotopic (exact) mass is 302 g/mol. The quantitative estimate of drug-likeness (QED) is 0.361. The van der Waals surface area contributed by atoms with Gasteiger partial charge in [0.25, 0.3) is 0 Å². The molecule has 0 nitrogen and oxygen atoms in total. The molecule has 88 valence electrons. The molecule has 0 atom stereocenters. The Morgan fingerprint density at radius 3 is 0.600 bits per heavy atom. The molecule has 0 aliphatic carbocycles. The minimum Gasteiger partial charge on any atom is -0.412 e. The van der Waals surface area contributed by atoms with E-state index in [0.717, 1.165) is 0 Å². The topological polar surface area (TPSA) is 0 Å². The molecule has 0 amide bonds. The van der Waals surface area contributed by atoms with E-state index in [2.05, 4.69) is 0 Å². The Morgan fingerprint density at radius 2 is 0.600 bits per heavy atom. The normalized spacial score (nSPS) is 12.0. The fourth-order valence-corrected chi connectivity index (χ4v) is 0. The number of halogens is 10. The van der Waals surface area contributed by atoms with Gasteiger partial charge in [-0.05, 0) is 0 Å². The van der Waals surface area contributed by atoms with Gasteiger partial charge >= 0.3 is 31.8 Å². The molecule has 0 aromatic carbocycles. The van der Waals surface area contributed by atoms with Crippen molar-refractivity contribution in [3.8, 4) is 0 Å². The SMILES string of the molecule is F[C-](F)C(F)(F)F.F[C-](F)C(F)(F)F.[Zn+2]. The largest absolute Gasteiger partial charge is 2.00 e. The Bertz CT molecular complexity index is 126. The molecule has 0 radical (unpaired) electrons. The molecule has 11 heteroatoms. The van der Waals surface area contributed by atoms with Crippen molar-refractivity contribution >= 4 is 0 Å². The third-order valence-corrected chi connectivity index (χ3v) is 0.429. The van der Waals surface area contributed by atoms with Gasteiger partial charge in [-0.25, -0.2) is 26.3 Å². The van der Waals surface area contributed by atoms with Gasteiger partial charge in [-0.2, -0.15) is 0 Å². The molecule has 0 unspecified atom stereocenters. The van der Waals surface area contributed by atoms with Crippen molar-refractivity contribution in [2.45, 2.75) is 12.4 Å². The fourth-order valence-electron chi connectivity index (χ4n) is 0.